The zero-order valence-corrected chi connectivity index (χ0v) is 8.77. The van der Waals surface area contributed by atoms with Crippen LogP contribution < -0.4 is 0 Å². The molecule has 0 radical (unpaired) electrons. The molecule has 2 aliphatic carbocycles. The molecule has 0 amide bonds. The summed E-state index contributed by atoms with van der Waals surface area (Å²) in [6.45, 7) is 4.44. The summed E-state index contributed by atoms with van der Waals surface area (Å²) in [7, 11) is 0. The molecule has 68 valence electrons. The second kappa shape index (κ2) is 2.44. The number of rotatable bonds is 1. The van der Waals surface area contributed by atoms with Gasteiger partial charge in [0.2, 0.25) is 0 Å². The normalized spacial score (nSPS) is 28.8. The van der Waals surface area contributed by atoms with Gasteiger partial charge in [-0.1, -0.05) is 19.9 Å². The largest absolute Gasteiger partial charge is 0.241 e. The first-order valence-corrected chi connectivity index (χ1v) is 5.76. The Hall–Kier alpha value is -0.630. The van der Waals surface area contributed by atoms with E-state index in [1.807, 2.05) is 11.3 Å². The van der Waals surface area contributed by atoms with Crippen molar-refractivity contribution in [2.24, 2.45) is 5.92 Å². The summed E-state index contributed by atoms with van der Waals surface area (Å²) >= 11 is 1.93. The molecule has 13 heavy (non-hydrogen) atoms. The fourth-order valence-electron chi connectivity index (χ4n) is 1.94. The molecule has 0 N–H and O–H groups in total. The van der Waals surface area contributed by atoms with E-state index in [1.165, 1.54) is 17.1 Å². The SMILES string of the molecule is CC(C)c1nc2c(s1)C1CC1C=C2. The average Bonchev–Trinajstić information content (AvgIpc) is 2.76. The van der Waals surface area contributed by atoms with Crippen LogP contribution in [0.3, 0.4) is 0 Å². The molecule has 2 aliphatic rings. The number of hydrogen-bond donors (Lipinski definition) is 0. The topological polar surface area (TPSA) is 12.9 Å². The minimum atomic E-state index is 0.584. The highest BCUT2D eigenvalue weighted by molar-refractivity contribution is 7.12. The van der Waals surface area contributed by atoms with Crippen molar-refractivity contribution in [2.45, 2.75) is 32.1 Å². The van der Waals surface area contributed by atoms with Crippen LogP contribution in [0.15, 0.2) is 6.08 Å². The predicted molar refractivity (Wildman–Crippen MR) is 56.1 cm³/mol. The van der Waals surface area contributed by atoms with Gasteiger partial charge in [0.1, 0.15) is 0 Å². The van der Waals surface area contributed by atoms with E-state index >= 15 is 0 Å². The van der Waals surface area contributed by atoms with Gasteiger partial charge in [0, 0.05) is 16.7 Å². The average molecular weight is 191 g/mol. The maximum absolute atomic E-state index is 4.66. The highest BCUT2D eigenvalue weighted by Crippen LogP contribution is 2.54. The summed E-state index contributed by atoms with van der Waals surface area (Å²) in [4.78, 5) is 6.21. The van der Waals surface area contributed by atoms with Crippen molar-refractivity contribution in [1.29, 1.82) is 0 Å². The Kier molecular flexibility index (Phi) is 1.46. The Morgan fingerprint density at radius 1 is 1.54 bits per heavy atom. The number of nitrogens with zero attached hydrogens (tertiary/aromatic N) is 1. The van der Waals surface area contributed by atoms with Gasteiger partial charge in [-0.3, -0.25) is 0 Å². The van der Waals surface area contributed by atoms with Gasteiger partial charge < -0.3 is 0 Å². The van der Waals surface area contributed by atoms with Gasteiger partial charge in [0.25, 0.3) is 0 Å². The molecule has 1 aromatic rings. The highest BCUT2D eigenvalue weighted by atomic mass is 32.1. The molecular weight excluding hydrogens is 178 g/mol. The van der Waals surface area contributed by atoms with Crippen molar-refractivity contribution in [3.63, 3.8) is 0 Å². The van der Waals surface area contributed by atoms with Gasteiger partial charge in [-0.05, 0) is 18.4 Å². The molecule has 2 heteroatoms. The lowest BCUT2D eigenvalue weighted by molar-refractivity contribution is 0.850. The van der Waals surface area contributed by atoms with Gasteiger partial charge in [-0.25, -0.2) is 4.98 Å². The van der Waals surface area contributed by atoms with Gasteiger partial charge in [-0.15, -0.1) is 11.3 Å². The Labute approximate surface area is 82.5 Å². The smallest absolute Gasteiger partial charge is 0.0960 e. The van der Waals surface area contributed by atoms with E-state index in [0.29, 0.717) is 5.92 Å². The molecule has 2 atom stereocenters. The summed E-state index contributed by atoms with van der Waals surface area (Å²) in [6, 6.07) is 0. The molecule has 1 saturated carbocycles. The van der Waals surface area contributed by atoms with Crippen molar-refractivity contribution >= 4 is 17.4 Å². The van der Waals surface area contributed by atoms with Crippen LogP contribution in [-0.2, 0) is 0 Å². The van der Waals surface area contributed by atoms with Crippen LogP contribution in [-0.4, -0.2) is 4.98 Å². The fourth-order valence-corrected chi connectivity index (χ4v) is 3.18. The fraction of sp³-hybridized carbons (Fsp3) is 0.545. The molecule has 0 aromatic carbocycles. The lowest BCUT2D eigenvalue weighted by Gasteiger charge is -1.99. The summed E-state index contributed by atoms with van der Waals surface area (Å²) in [6.07, 6.45) is 5.91. The zero-order chi connectivity index (χ0) is 9.00. The number of aromatic nitrogens is 1. The molecule has 2 unspecified atom stereocenters. The summed E-state index contributed by atoms with van der Waals surface area (Å²) in [5, 5.41) is 1.31. The predicted octanol–water partition coefficient (Wildman–Crippen LogP) is 3.40. The molecule has 3 rings (SSSR count). The quantitative estimate of drug-likeness (QED) is 0.663. The number of thiazole rings is 1. The second-order valence-corrected chi connectivity index (χ2v) is 5.38. The van der Waals surface area contributed by atoms with E-state index in [0.717, 1.165) is 11.8 Å². The molecule has 1 fully saturated rings. The van der Waals surface area contributed by atoms with Gasteiger partial charge >= 0.3 is 0 Å². The molecule has 0 saturated heterocycles. The Morgan fingerprint density at radius 3 is 3.15 bits per heavy atom. The van der Waals surface area contributed by atoms with Crippen LogP contribution >= 0.6 is 11.3 Å². The van der Waals surface area contributed by atoms with Gasteiger partial charge in [0.15, 0.2) is 0 Å². The van der Waals surface area contributed by atoms with Gasteiger partial charge in [-0.2, -0.15) is 0 Å². The standard InChI is InChI=1S/C11H13NS/c1-6(2)11-12-9-4-3-7-5-8(7)10(9)13-11/h3-4,6-8H,5H2,1-2H3. The van der Waals surface area contributed by atoms with E-state index in [-0.39, 0.29) is 0 Å². The van der Waals surface area contributed by atoms with E-state index < -0.39 is 0 Å². The molecule has 1 heterocycles. The lowest BCUT2D eigenvalue weighted by atomic mass is 10.1. The third kappa shape index (κ3) is 1.08. The van der Waals surface area contributed by atoms with Crippen LogP contribution in [0.5, 0.6) is 0 Å². The lowest BCUT2D eigenvalue weighted by Crippen LogP contribution is -1.88. The third-order valence-corrected chi connectivity index (χ3v) is 4.37. The number of fused-ring (bicyclic) bond motifs is 3. The van der Waals surface area contributed by atoms with Crippen molar-refractivity contribution in [3.8, 4) is 0 Å². The molecule has 1 aromatic heterocycles. The molecular formula is C11H13NS. The first kappa shape index (κ1) is 7.74. The minimum absolute atomic E-state index is 0.584. The van der Waals surface area contributed by atoms with E-state index in [2.05, 4.69) is 31.0 Å². The molecule has 0 bridgehead atoms. The Morgan fingerprint density at radius 2 is 2.38 bits per heavy atom. The zero-order valence-electron chi connectivity index (χ0n) is 7.95. The van der Waals surface area contributed by atoms with Gasteiger partial charge in [0.05, 0.1) is 10.7 Å². The summed E-state index contributed by atoms with van der Waals surface area (Å²) in [5.41, 5.74) is 1.26. The van der Waals surface area contributed by atoms with Crippen molar-refractivity contribution < 1.29 is 0 Å². The van der Waals surface area contributed by atoms with E-state index in [1.54, 1.807) is 4.88 Å². The van der Waals surface area contributed by atoms with Crippen molar-refractivity contribution in [1.82, 2.24) is 4.98 Å². The number of hydrogen-bond acceptors (Lipinski definition) is 2. The second-order valence-electron chi connectivity index (χ2n) is 4.32. The van der Waals surface area contributed by atoms with Crippen molar-refractivity contribution in [3.05, 3.63) is 21.7 Å². The monoisotopic (exact) mass is 191 g/mol. The maximum Gasteiger partial charge on any atom is 0.0960 e. The first-order valence-electron chi connectivity index (χ1n) is 4.94. The first-order chi connectivity index (χ1) is 6.25. The van der Waals surface area contributed by atoms with Crippen LogP contribution in [0.25, 0.3) is 6.08 Å². The minimum Gasteiger partial charge on any atom is -0.241 e. The molecule has 1 nitrogen and oxygen atoms in total. The van der Waals surface area contributed by atoms with Crippen LogP contribution in [0.2, 0.25) is 0 Å². The maximum atomic E-state index is 4.66. The van der Waals surface area contributed by atoms with Crippen LogP contribution in [0, 0.1) is 5.92 Å². The van der Waals surface area contributed by atoms with E-state index in [9.17, 15) is 0 Å². The number of allylic oxidation sites excluding steroid dienone is 1. The molecule has 0 aliphatic heterocycles. The van der Waals surface area contributed by atoms with E-state index in [4.69, 9.17) is 0 Å². The molecule has 0 spiro atoms. The third-order valence-electron chi connectivity index (χ3n) is 2.87. The summed E-state index contributed by atoms with van der Waals surface area (Å²) in [5.74, 6) is 2.28. The van der Waals surface area contributed by atoms with Crippen molar-refractivity contribution in [2.75, 3.05) is 0 Å². The summed E-state index contributed by atoms with van der Waals surface area (Å²) < 4.78 is 0. The van der Waals surface area contributed by atoms with Crippen LogP contribution in [0.4, 0.5) is 0 Å². The Bertz CT molecular complexity index is 375. The highest BCUT2D eigenvalue weighted by Gasteiger charge is 2.41. The van der Waals surface area contributed by atoms with Crippen LogP contribution in [0.1, 0.15) is 47.7 Å². The Balaban J connectivity index is 2.08.